The molecule has 2 heterocycles. The number of aryl methyl sites for hydroxylation is 1. The molecule has 1 N–H and O–H groups in total. The van der Waals surface area contributed by atoms with E-state index in [1.165, 1.54) is 11.6 Å². The lowest BCUT2D eigenvalue weighted by Crippen LogP contribution is -2.38. The van der Waals surface area contributed by atoms with Crippen LogP contribution in [0.3, 0.4) is 0 Å². The molecule has 8 nitrogen and oxygen atoms in total. The summed E-state index contributed by atoms with van der Waals surface area (Å²) in [6.45, 7) is 2.22. The van der Waals surface area contributed by atoms with Crippen molar-refractivity contribution in [2.75, 3.05) is 20.1 Å². The first kappa shape index (κ1) is 16.9. The van der Waals surface area contributed by atoms with Crippen LogP contribution in [0.1, 0.15) is 19.3 Å². The fourth-order valence-corrected chi connectivity index (χ4v) is 3.57. The van der Waals surface area contributed by atoms with Crippen LogP contribution in [0, 0.1) is 5.92 Å². The second-order valence-corrected chi connectivity index (χ2v) is 6.84. The topological polar surface area (TPSA) is 85.3 Å². The van der Waals surface area contributed by atoms with Crippen LogP contribution in [0.15, 0.2) is 15.9 Å². The van der Waals surface area contributed by atoms with Crippen LogP contribution in [0.4, 0.5) is 0 Å². The van der Waals surface area contributed by atoms with Crippen LogP contribution in [-0.2, 0) is 20.6 Å². The Balaban J connectivity index is 1.76. The Labute approximate surface area is 139 Å². The van der Waals surface area contributed by atoms with Crippen molar-refractivity contribution in [3.05, 3.63) is 27.2 Å². The minimum atomic E-state index is -0.370. The zero-order chi connectivity index (χ0) is 17.4. The van der Waals surface area contributed by atoms with Gasteiger partial charge in [-0.1, -0.05) is 6.42 Å². The molecule has 1 fully saturated rings. The Bertz CT molecular complexity index is 850. The van der Waals surface area contributed by atoms with Crippen molar-refractivity contribution in [3.8, 4) is 0 Å². The zero-order valence-corrected chi connectivity index (χ0v) is 14.5. The predicted octanol–water partition coefficient (Wildman–Crippen LogP) is -0.473. The van der Waals surface area contributed by atoms with E-state index in [0.29, 0.717) is 23.6 Å². The molecule has 0 amide bonds. The summed E-state index contributed by atoms with van der Waals surface area (Å²) in [7, 11) is 5.13. The molecule has 1 saturated carbocycles. The summed E-state index contributed by atoms with van der Waals surface area (Å²) in [4.78, 5) is 30.7. The predicted molar refractivity (Wildman–Crippen MR) is 91.1 cm³/mol. The SMILES string of the molecule is CN(CCn1cnc2c1c(=O)n(C)c(=O)n2C)CC1CCCC1O. The largest absolute Gasteiger partial charge is 0.393 e. The summed E-state index contributed by atoms with van der Waals surface area (Å²) in [5.74, 6) is 0.336. The first-order chi connectivity index (χ1) is 11.4. The Morgan fingerprint density at radius 1 is 1.29 bits per heavy atom. The zero-order valence-electron chi connectivity index (χ0n) is 14.5. The van der Waals surface area contributed by atoms with E-state index in [2.05, 4.69) is 9.88 Å². The number of aromatic nitrogens is 4. The fraction of sp³-hybridized carbons (Fsp3) is 0.688. The number of nitrogens with zero attached hydrogens (tertiary/aromatic N) is 5. The first-order valence-electron chi connectivity index (χ1n) is 8.37. The summed E-state index contributed by atoms with van der Waals surface area (Å²) in [5, 5.41) is 9.94. The van der Waals surface area contributed by atoms with Gasteiger partial charge in [-0.05, 0) is 25.8 Å². The third-order valence-electron chi connectivity index (χ3n) is 5.10. The maximum absolute atomic E-state index is 12.4. The molecule has 2 aromatic heterocycles. The monoisotopic (exact) mass is 335 g/mol. The lowest BCUT2D eigenvalue weighted by molar-refractivity contribution is 0.108. The van der Waals surface area contributed by atoms with E-state index in [1.807, 2.05) is 7.05 Å². The molecule has 0 saturated heterocycles. The van der Waals surface area contributed by atoms with Gasteiger partial charge in [0.25, 0.3) is 5.56 Å². The molecule has 2 unspecified atom stereocenters. The lowest BCUT2D eigenvalue weighted by atomic mass is 10.1. The number of aliphatic hydroxyl groups excluding tert-OH is 1. The third kappa shape index (κ3) is 2.91. The molecule has 132 valence electrons. The third-order valence-corrected chi connectivity index (χ3v) is 5.10. The van der Waals surface area contributed by atoms with E-state index in [-0.39, 0.29) is 17.4 Å². The number of likely N-dealkylation sites (N-methyl/N-ethyl adjacent to an activating group) is 1. The van der Waals surface area contributed by atoms with Crippen LogP contribution in [0.2, 0.25) is 0 Å². The van der Waals surface area contributed by atoms with Gasteiger partial charge in [-0.3, -0.25) is 13.9 Å². The summed E-state index contributed by atoms with van der Waals surface area (Å²) in [6.07, 6.45) is 4.49. The molecule has 1 aliphatic carbocycles. The molecule has 24 heavy (non-hydrogen) atoms. The van der Waals surface area contributed by atoms with E-state index < -0.39 is 0 Å². The van der Waals surface area contributed by atoms with Crippen LogP contribution in [-0.4, -0.2) is 54.9 Å². The Morgan fingerprint density at radius 3 is 2.71 bits per heavy atom. The van der Waals surface area contributed by atoms with Crippen molar-refractivity contribution in [1.29, 1.82) is 0 Å². The molecule has 1 aliphatic rings. The smallest absolute Gasteiger partial charge is 0.332 e. The number of fused-ring (bicyclic) bond motifs is 1. The van der Waals surface area contributed by atoms with Gasteiger partial charge in [-0.15, -0.1) is 0 Å². The van der Waals surface area contributed by atoms with Crippen molar-refractivity contribution in [1.82, 2.24) is 23.6 Å². The summed E-state index contributed by atoms with van der Waals surface area (Å²) in [5.41, 5.74) is 0.176. The molecule has 3 rings (SSSR count). The maximum atomic E-state index is 12.4. The highest BCUT2D eigenvalue weighted by molar-refractivity contribution is 5.69. The number of rotatable bonds is 5. The van der Waals surface area contributed by atoms with Gasteiger partial charge in [0, 0.05) is 33.7 Å². The normalized spacial score (nSPS) is 21.2. The van der Waals surface area contributed by atoms with Crippen molar-refractivity contribution in [2.45, 2.75) is 31.9 Å². The van der Waals surface area contributed by atoms with Crippen molar-refractivity contribution in [2.24, 2.45) is 20.0 Å². The minimum Gasteiger partial charge on any atom is -0.393 e. The fourth-order valence-electron chi connectivity index (χ4n) is 3.57. The number of hydrogen-bond acceptors (Lipinski definition) is 5. The molecule has 0 aliphatic heterocycles. The molecule has 2 aromatic rings. The van der Waals surface area contributed by atoms with Gasteiger partial charge in [0.2, 0.25) is 0 Å². The van der Waals surface area contributed by atoms with Crippen molar-refractivity contribution >= 4 is 11.2 Å². The first-order valence-corrected chi connectivity index (χ1v) is 8.37. The average molecular weight is 335 g/mol. The Kier molecular flexibility index (Phi) is 4.60. The minimum absolute atomic E-state index is 0.191. The van der Waals surface area contributed by atoms with Gasteiger partial charge < -0.3 is 14.6 Å². The molecular formula is C16H25N5O3. The van der Waals surface area contributed by atoms with Gasteiger partial charge in [-0.2, -0.15) is 0 Å². The van der Waals surface area contributed by atoms with Gasteiger partial charge in [0.05, 0.1) is 12.4 Å². The molecule has 2 atom stereocenters. The molecule has 0 aromatic carbocycles. The summed E-state index contributed by atoms with van der Waals surface area (Å²) >= 11 is 0. The van der Waals surface area contributed by atoms with Crippen molar-refractivity contribution in [3.63, 3.8) is 0 Å². The van der Waals surface area contributed by atoms with Crippen molar-refractivity contribution < 1.29 is 5.11 Å². The molecule has 0 spiro atoms. The molecule has 0 radical (unpaired) electrons. The number of aliphatic hydroxyl groups is 1. The summed E-state index contributed by atoms with van der Waals surface area (Å²) < 4.78 is 4.31. The van der Waals surface area contributed by atoms with E-state index in [9.17, 15) is 14.7 Å². The van der Waals surface area contributed by atoms with Crippen LogP contribution in [0.25, 0.3) is 11.2 Å². The number of hydrogen-bond donors (Lipinski definition) is 1. The highest BCUT2D eigenvalue weighted by Crippen LogP contribution is 2.25. The quantitative estimate of drug-likeness (QED) is 0.798. The van der Waals surface area contributed by atoms with E-state index in [0.717, 1.165) is 36.9 Å². The van der Waals surface area contributed by atoms with Crippen LogP contribution < -0.4 is 11.2 Å². The van der Waals surface area contributed by atoms with E-state index in [1.54, 1.807) is 17.9 Å². The Morgan fingerprint density at radius 2 is 2.04 bits per heavy atom. The standard InChI is InChI=1S/C16H25N5O3/c1-18(9-11-5-4-6-12(11)22)7-8-21-10-17-14-13(21)15(23)20(3)16(24)19(14)2/h10-12,22H,4-9H2,1-3H3. The molecule has 8 heteroatoms. The van der Waals surface area contributed by atoms with Gasteiger partial charge in [0.15, 0.2) is 11.2 Å². The lowest BCUT2D eigenvalue weighted by Gasteiger charge is -2.23. The Hall–Kier alpha value is -1.93. The van der Waals surface area contributed by atoms with E-state index in [4.69, 9.17) is 0 Å². The average Bonchev–Trinajstić information content (AvgIpc) is 3.16. The second-order valence-electron chi connectivity index (χ2n) is 6.84. The second kappa shape index (κ2) is 6.52. The molecular weight excluding hydrogens is 310 g/mol. The van der Waals surface area contributed by atoms with Crippen LogP contribution >= 0.6 is 0 Å². The van der Waals surface area contributed by atoms with Crippen LogP contribution in [0.5, 0.6) is 0 Å². The summed E-state index contributed by atoms with van der Waals surface area (Å²) in [6, 6.07) is 0. The van der Waals surface area contributed by atoms with Gasteiger partial charge in [0.1, 0.15) is 0 Å². The highest BCUT2D eigenvalue weighted by Gasteiger charge is 2.26. The highest BCUT2D eigenvalue weighted by atomic mass is 16.3. The van der Waals surface area contributed by atoms with Gasteiger partial charge in [-0.25, -0.2) is 9.78 Å². The van der Waals surface area contributed by atoms with E-state index >= 15 is 0 Å². The molecule has 0 bridgehead atoms. The van der Waals surface area contributed by atoms with Gasteiger partial charge >= 0.3 is 5.69 Å². The maximum Gasteiger partial charge on any atom is 0.332 e. The number of imidazole rings is 1.